The maximum atomic E-state index is 12.8. The third kappa shape index (κ3) is 4.12. The van der Waals surface area contributed by atoms with Crippen LogP contribution >= 0.6 is 0 Å². The second-order valence-electron chi connectivity index (χ2n) is 7.86. The van der Waals surface area contributed by atoms with E-state index in [4.69, 9.17) is 0 Å². The zero-order valence-electron chi connectivity index (χ0n) is 17.1. The van der Waals surface area contributed by atoms with Crippen LogP contribution in [-0.2, 0) is 11.2 Å². The Hall–Kier alpha value is -3.42. The number of nitrogens with zero attached hydrogens (tertiary/aromatic N) is 3. The van der Waals surface area contributed by atoms with Crippen molar-refractivity contribution in [3.8, 4) is 0 Å². The maximum absolute atomic E-state index is 12.8. The number of aryl methyl sites for hydroxylation is 2. The predicted octanol–water partition coefficient (Wildman–Crippen LogP) is 1.60. The van der Waals surface area contributed by atoms with Crippen LogP contribution in [0.15, 0.2) is 41.3 Å². The van der Waals surface area contributed by atoms with Gasteiger partial charge in [-0.15, -0.1) is 0 Å². The van der Waals surface area contributed by atoms with E-state index >= 15 is 0 Å². The lowest BCUT2D eigenvalue weighted by atomic mass is 10.0. The summed E-state index contributed by atoms with van der Waals surface area (Å²) < 4.78 is 1.44. The van der Waals surface area contributed by atoms with E-state index in [1.807, 2.05) is 31.2 Å². The standard InChI is InChI=1S/C22H25N5O3/c1-14-5-3-4-6-16(14)11-20(28)24-17-7-9-26(10-8-17)22(30)18-12-19-21(29)23-15(2)13-27(19)25-18/h3-6,12-13,17H,7-11H2,1-2H3,(H,23,29)(H,24,28). The third-order valence-electron chi connectivity index (χ3n) is 5.57. The van der Waals surface area contributed by atoms with Gasteiger partial charge >= 0.3 is 0 Å². The van der Waals surface area contributed by atoms with Crippen molar-refractivity contribution in [3.63, 3.8) is 0 Å². The van der Waals surface area contributed by atoms with E-state index in [0.717, 1.165) is 11.1 Å². The Morgan fingerprint density at radius 2 is 1.93 bits per heavy atom. The molecule has 3 heterocycles. The van der Waals surface area contributed by atoms with Gasteiger partial charge in [0.05, 0.1) is 6.42 Å². The summed E-state index contributed by atoms with van der Waals surface area (Å²) in [6.07, 6.45) is 3.43. The molecule has 1 aliphatic rings. The highest BCUT2D eigenvalue weighted by molar-refractivity contribution is 5.93. The molecule has 4 rings (SSSR count). The minimum absolute atomic E-state index is 0.00372. The van der Waals surface area contributed by atoms with Gasteiger partial charge in [-0.3, -0.25) is 14.4 Å². The molecular weight excluding hydrogens is 382 g/mol. The molecule has 1 saturated heterocycles. The number of piperidine rings is 1. The van der Waals surface area contributed by atoms with Gasteiger partial charge < -0.3 is 15.2 Å². The van der Waals surface area contributed by atoms with E-state index in [1.54, 1.807) is 18.0 Å². The summed E-state index contributed by atoms with van der Waals surface area (Å²) in [7, 11) is 0. The molecule has 0 unspecified atom stereocenters. The van der Waals surface area contributed by atoms with E-state index < -0.39 is 0 Å². The lowest BCUT2D eigenvalue weighted by Gasteiger charge is -2.32. The number of hydrogen-bond donors (Lipinski definition) is 2. The molecule has 0 saturated carbocycles. The number of fused-ring (bicyclic) bond motifs is 1. The van der Waals surface area contributed by atoms with E-state index in [1.165, 1.54) is 10.6 Å². The lowest BCUT2D eigenvalue weighted by molar-refractivity contribution is -0.121. The molecule has 8 heteroatoms. The Labute approximate surface area is 173 Å². The summed E-state index contributed by atoms with van der Waals surface area (Å²) in [5.74, 6) is -0.190. The lowest BCUT2D eigenvalue weighted by Crippen LogP contribution is -2.47. The first-order chi connectivity index (χ1) is 14.4. The Morgan fingerprint density at radius 3 is 2.67 bits per heavy atom. The number of carbonyl (C=O) groups is 2. The van der Waals surface area contributed by atoms with E-state index in [9.17, 15) is 14.4 Å². The summed E-state index contributed by atoms with van der Waals surface area (Å²) in [6.45, 7) is 4.85. The minimum atomic E-state index is -0.267. The molecule has 2 N–H and O–H groups in total. The molecule has 2 aromatic heterocycles. The zero-order chi connectivity index (χ0) is 21.3. The summed E-state index contributed by atoms with van der Waals surface area (Å²) >= 11 is 0. The zero-order valence-corrected chi connectivity index (χ0v) is 17.1. The molecule has 0 bridgehead atoms. The average Bonchev–Trinajstić information content (AvgIpc) is 3.14. The number of rotatable bonds is 4. The Morgan fingerprint density at radius 1 is 1.20 bits per heavy atom. The van der Waals surface area contributed by atoms with Crippen molar-refractivity contribution in [3.05, 3.63) is 69.4 Å². The van der Waals surface area contributed by atoms with E-state index in [-0.39, 0.29) is 29.1 Å². The molecule has 0 atom stereocenters. The fraction of sp³-hybridized carbons (Fsp3) is 0.364. The summed E-state index contributed by atoms with van der Waals surface area (Å²) in [5, 5.41) is 7.35. The van der Waals surface area contributed by atoms with Crippen LogP contribution in [0.5, 0.6) is 0 Å². The molecule has 0 radical (unpaired) electrons. The van der Waals surface area contributed by atoms with Crippen LogP contribution in [0, 0.1) is 13.8 Å². The number of likely N-dealkylation sites (tertiary alicyclic amines) is 1. The fourth-order valence-corrected chi connectivity index (χ4v) is 3.87. The smallest absolute Gasteiger partial charge is 0.274 e. The number of H-pyrrole nitrogens is 1. The molecule has 1 aliphatic heterocycles. The van der Waals surface area contributed by atoms with E-state index in [2.05, 4.69) is 15.4 Å². The molecule has 30 heavy (non-hydrogen) atoms. The number of hydrogen-bond acceptors (Lipinski definition) is 4. The monoisotopic (exact) mass is 407 g/mol. The summed E-state index contributed by atoms with van der Waals surface area (Å²) in [6, 6.07) is 9.45. The van der Waals surface area contributed by atoms with Crippen molar-refractivity contribution in [1.82, 2.24) is 24.8 Å². The van der Waals surface area contributed by atoms with Crippen molar-refractivity contribution in [2.75, 3.05) is 13.1 Å². The molecule has 3 aromatic rings. The van der Waals surface area contributed by atoms with Gasteiger partial charge in [-0.25, -0.2) is 4.52 Å². The Balaban J connectivity index is 1.34. The average molecular weight is 407 g/mol. The van der Waals surface area contributed by atoms with Crippen LogP contribution in [-0.4, -0.2) is 50.4 Å². The number of amides is 2. The van der Waals surface area contributed by atoms with E-state index in [0.29, 0.717) is 43.6 Å². The van der Waals surface area contributed by atoms with Gasteiger partial charge in [0, 0.05) is 37.1 Å². The number of aromatic amines is 1. The van der Waals surface area contributed by atoms with Crippen molar-refractivity contribution in [1.29, 1.82) is 0 Å². The van der Waals surface area contributed by atoms with Gasteiger partial charge in [0.1, 0.15) is 5.52 Å². The third-order valence-corrected chi connectivity index (χ3v) is 5.57. The highest BCUT2D eigenvalue weighted by Gasteiger charge is 2.26. The first-order valence-electron chi connectivity index (χ1n) is 10.1. The normalized spacial score (nSPS) is 14.8. The van der Waals surface area contributed by atoms with Crippen LogP contribution in [0.3, 0.4) is 0 Å². The van der Waals surface area contributed by atoms with Crippen molar-refractivity contribution in [2.45, 2.75) is 39.2 Å². The van der Waals surface area contributed by atoms with Crippen molar-refractivity contribution >= 4 is 17.3 Å². The highest BCUT2D eigenvalue weighted by Crippen LogP contribution is 2.15. The second-order valence-corrected chi connectivity index (χ2v) is 7.86. The Kier molecular flexibility index (Phi) is 5.39. The van der Waals surface area contributed by atoms with Gasteiger partial charge in [-0.2, -0.15) is 5.10 Å². The minimum Gasteiger partial charge on any atom is -0.353 e. The van der Waals surface area contributed by atoms with Crippen LogP contribution < -0.4 is 10.9 Å². The Bertz CT molecular complexity index is 1160. The number of benzene rings is 1. The number of nitrogens with one attached hydrogen (secondary N) is 2. The molecule has 156 valence electrons. The van der Waals surface area contributed by atoms with Gasteiger partial charge in [-0.05, 0) is 37.8 Å². The SMILES string of the molecule is Cc1cn2nc(C(=O)N3CCC(NC(=O)Cc4ccccc4C)CC3)cc2c(=O)[nH]1. The highest BCUT2D eigenvalue weighted by atomic mass is 16.2. The van der Waals surface area contributed by atoms with Crippen LogP contribution in [0.2, 0.25) is 0 Å². The second kappa shape index (κ2) is 8.14. The first-order valence-corrected chi connectivity index (χ1v) is 10.1. The van der Waals surface area contributed by atoms with Crippen molar-refractivity contribution < 1.29 is 9.59 Å². The quantitative estimate of drug-likeness (QED) is 0.686. The van der Waals surface area contributed by atoms with Gasteiger partial charge in [0.15, 0.2) is 5.69 Å². The molecular formula is C22H25N5O3. The van der Waals surface area contributed by atoms with Crippen LogP contribution in [0.1, 0.15) is 40.2 Å². The van der Waals surface area contributed by atoms with Crippen LogP contribution in [0.25, 0.3) is 5.52 Å². The molecule has 2 amide bonds. The summed E-state index contributed by atoms with van der Waals surface area (Å²) in [5.41, 5.74) is 3.15. The van der Waals surface area contributed by atoms with Gasteiger partial charge in [0.25, 0.3) is 11.5 Å². The number of aromatic nitrogens is 3. The van der Waals surface area contributed by atoms with Gasteiger partial charge in [-0.1, -0.05) is 24.3 Å². The van der Waals surface area contributed by atoms with Crippen molar-refractivity contribution in [2.24, 2.45) is 0 Å². The fourth-order valence-electron chi connectivity index (χ4n) is 3.87. The number of carbonyl (C=O) groups excluding carboxylic acids is 2. The topological polar surface area (TPSA) is 99.6 Å². The van der Waals surface area contributed by atoms with Gasteiger partial charge in [0.2, 0.25) is 5.91 Å². The largest absolute Gasteiger partial charge is 0.353 e. The summed E-state index contributed by atoms with van der Waals surface area (Å²) in [4.78, 5) is 41.7. The molecule has 1 fully saturated rings. The maximum Gasteiger partial charge on any atom is 0.274 e. The molecule has 8 nitrogen and oxygen atoms in total. The predicted molar refractivity (Wildman–Crippen MR) is 113 cm³/mol. The van der Waals surface area contributed by atoms with Crippen LogP contribution in [0.4, 0.5) is 0 Å². The molecule has 0 aliphatic carbocycles. The molecule has 1 aromatic carbocycles. The molecule has 0 spiro atoms. The first kappa shape index (κ1) is 19.9.